The molecule has 178 valence electrons. The minimum atomic E-state index is -0.473. The first-order valence-corrected chi connectivity index (χ1v) is 12.9. The highest BCUT2D eigenvalue weighted by atomic mass is 127. The van der Waals surface area contributed by atoms with Crippen LogP contribution in [0.1, 0.15) is 44.1 Å². The zero-order valence-corrected chi connectivity index (χ0v) is 20.7. The number of nitrogens with one attached hydrogen (secondary N) is 2. The summed E-state index contributed by atoms with van der Waals surface area (Å²) in [6, 6.07) is 9.38. The van der Waals surface area contributed by atoms with Gasteiger partial charge in [0.2, 0.25) is 5.91 Å². The van der Waals surface area contributed by atoms with Gasteiger partial charge in [-0.25, -0.2) is 9.59 Å². The summed E-state index contributed by atoms with van der Waals surface area (Å²) in [4.78, 5) is 39.3. The molecule has 0 spiro atoms. The summed E-state index contributed by atoms with van der Waals surface area (Å²) in [5.41, 5.74) is 0.654. The van der Waals surface area contributed by atoms with Crippen LogP contribution >= 0.6 is 22.9 Å². The van der Waals surface area contributed by atoms with Crippen LogP contribution in [-0.2, 0) is 20.9 Å². The minimum absolute atomic E-state index is 0.105. The fraction of sp³-hybridized carbons (Fsp3) is 0.625. The molecule has 3 amide bonds. The Bertz CT molecular complexity index is 897. The number of rotatable bonds is 5. The minimum Gasteiger partial charge on any atom is -0.446 e. The molecule has 1 aliphatic heterocycles. The maximum atomic E-state index is 12.9. The number of nitrogens with zero attached hydrogens (tertiary/aromatic N) is 1. The first-order valence-electron chi connectivity index (χ1n) is 11.8. The molecule has 0 aromatic heterocycles. The SMILES string of the molecule is O=C(NC1CCN(C(=O)OC2C3CC4CC2CC(C(=O)NI)(C4)C3)C1)OCc1ccccc1. The third kappa shape index (κ3) is 4.65. The summed E-state index contributed by atoms with van der Waals surface area (Å²) < 4.78 is 14.2. The summed E-state index contributed by atoms with van der Waals surface area (Å²) in [6.45, 7) is 1.19. The van der Waals surface area contributed by atoms with Crippen LogP contribution in [0.4, 0.5) is 9.59 Å². The maximum absolute atomic E-state index is 12.9. The van der Waals surface area contributed by atoms with E-state index in [1.54, 1.807) is 4.90 Å². The Labute approximate surface area is 207 Å². The molecule has 9 heteroatoms. The zero-order chi connectivity index (χ0) is 23.0. The molecular formula is C24H30IN3O5. The molecule has 1 heterocycles. The summed E-state index contributed by atoms with van der Waals surface area (Å²) >= 11 is 1.94. The number of ether oxygens (including phenoxy) is 2. The van der Waals surface area contributed by atoms with Crippen molar-refractivity contribution in [3.05, 3.63) is 35.9 Å². The van der Waals surface area contributed by atoms with Crippen molar-refractivity contribution in [2.24, 2.45) is 23.2 Å². The van der Waals surface area contributed by atoms with Crippen LogP contribution in [0.25, 0.3) is 0 Å². The Balaban J connectivity index is 1.11. The molecule has 8 nitrogen and oxygen atoms in total. The molecule has 5 aliphatic rings. The van der Waals surface area contributed by atoms with E-state index in [2.05, 4.69) is 8.85 Å². The molecule has 33 heavy (non-hydrogen) atoms. The van der Waals surface area contributed by atoms with Gasteiger partial charge in [0.25, 0.3) is 0 Å². The lowest BCUT2D eigenvalue weighted by Crippen LogP contribution is -2.59. The van der Waals surface area contributed by atoms with Crippen molar-refractivity contribution in [3.8, 4) is 0 Å². The van der Waals surface area contributed by atoms with Crippen LogP contribution in [-0.4, -0.2) is 48.2 Å². The van der Waals surface area contributed by atoms with Gasteiger partial charge in [0.1, 0.15) is 12.7 Å². The lowest BCUT2D eigenvalue weighted by molar-refractivity contribution is -0.162. The van der Waals surface area contributed by atoms with Gasteiger partial charge in [-0.2, -0.15) is 0 Å². The van der Waals surface area contributed by atoms with Crippen LogP contribution in [0.2, 0.25) is 0 Å². The standard InChI is InChI=1S/C24H30IN3O5/c25-27-21(29)24-10-16-8-17(11-24)20(18(9-16)12-24)33-23(31)28-7-6-19(13-28)26-22(30)32-14-15-4-2-1-3-5-15/h1-5,16-20H,6-14H2,(H,26,30)(H,27,29). The number of likely N-dealkylation sites (tertiary alicyclic amines) is 1. The highest BCUT2D eigenvalue weighted by molar-refractivity contribution is 14.1. The monoisotopic (exact) mass is 567 g/mol. The second-order valence-corrected chi connectivity index (χ2v) is 10.7. The quantitative estimate of drug-likeness (QED) is 0.417. The number of carbonyl (C=O) groups is 3. The van der Waals surface area contributed by atoms with Gasteiger partial charge >= 0.3 is 12.2 Å². The Morgan fingerprint density at radius 3 is 2.52 bits per heavy atom. The molecular weight excluding hydrogens is 537 g/mol. The summed E-state index contributed by atoms with van der Waals surface area (Å²) in [5.74, 6) is 1.23. The van der Waals surface area contributed by atoms with Crippen molar-refractivity contribution in [2.45, 2.75) is 57.3 Å². The van der Waals surface area contributed by atoms with E-state index >= 15 is 0 Å². The van der Waals surface area contributed by atoms with Gasteiger partial charge in [-0.05, 0) is 61.8 Å². The second-order valence-electron chi connectivity index (χ2n) is 10.2. The Morgan fingerprint density at radius 1 is 1.09 bits per heavy atom. The maximum Gasteiger partial charge on any atom is 0.410 e. The van der Waals surface area contributed by atoms with Crippen molar-refractivity contribution < 1.29 is 23.9 Å². The van der Waals surface area contributed by atoms with E-state index < -0.39 is 6.09 Å². The van der Waals surface area contributed by atoms with E-state index in [9.17, 15) is 14.4 Å². The summed E-state index contributed by atoms with van der Waals surface area (Å²) in [6.07, 6.45) is 4.47. The van der Waals surface area contributed by atoms with Crippen molar-refractivity contribution in [3.63, 3.8) is 0 Å². The van der Waals surface area contributed by atoms with E-state index in [1.807, 2.05) is 53.2 Å². The number of benzene rings is 1. The average molecular weight is 567 g/mol. The molecule has 2 N–H and O–H groups in total. The molecule has 4 bridgehead atoms. The van der Waals surface area contributed by atoms with Crippen LogP contribution in [0.5, 0.6) is 0 Å². The summed E-state index contributed by atoms with van der Waals surface area (Å²) in [7, 11) is 0. The number of carbonyl (C=O) groups excluding carboxylic acids is 3. The molecule has 3 atom stereocenters. The zero-order valence-electron chi connectivity index (χ0n) is 18.5. The third-order valence-corrected chi connectivity index (χ3v) is 8.46. The number of hydrogen-bond donors (Lipinski definition) is 2. The number of halogens is 1. The largest absolute Gasteiger partial charge is 0.446 e. The van der Waals surface area contributed by atoms with Gasteiger partial charge in [-0.1, -0.05) is 30.3 Å². The van der Waals surface area contributed by atoms with E-state index in [4.69, 9.17) is 9.47 Å². The van der Waals surface area contributed by atoms with Crippen LogP contribution < -0.4 is 8.85 Å². The van der Waals surface area contributed by atoms with Gasteiger partial charge in [-0.15, -0.1) is 0 Å². The van der Waals surface area contributed by atoms with Crippen LogP contribution in [0, 0.1) is 23.2 Å². The third-order valence-electron chi connectivity index (χ3n) is 7.97. The van der Waals surface area contributed by atoms with Crippen LogP contribution in [0.15, 0.2) is 30.3 Å². The van der Waals surface area contributed by atoms with E-state index in [-0.39, 0.29) is 48.0 Å². The van der Waals surface area contributed by atoms with E-state index in [0.717, 1.165) is 37.7 Å². The van der Waals surface area contributed by atoms with Crippen molar-refractivity contribution in [1.82, 2.24) is 13.7 Å². The molecule has 1 aromatic carbocycles. The Hall–Kier alpha value is -2.04. The van der Waals surface area contributed by atoms with Gasteiger partial charge in [0.05, 0.1) is 34.3 Å². The topological polar surface area (TPSA) is 97.0 Å². The van der Waals surface area contributed by atoms with Crippen LogP contribution in [0.3, 0.4) is 0 Å². The average Bonchev–Trinajstić information content (AvgIpc) is 3.28. The Kier molecular flexibility index (Phi) is 6.41. The smallest absolute Gasteiger partial charge is 0.410 e. The predicted octanol–water partition coefficient (Wildman–Crippen LogP) is 3.78. The number of hydrogen-bond acceptors (Lipinski definition) is 5. The fourth-order valence-corrected chi connectivity index (χ4v) is 7.29. The fourth-order valence-electron chi connectivity index (χ4n) is 6.71. The first-order chi connectivity index (χ1) is 16.0. The molecule has 3 unspecified atom stereocenters. The van der Waals surface area contributed by atoms with Gasteiger partial charge in [0.15, 0.2) is 0 Å². The highest BCUT2D eigenvalue weighted by Gasteiger charge is 2.59. The lowest BCUT2D eigenvalue weighted by Gasteiger charge is -2.58. The summed E-state index contributed by atoms with van der Waals surface area (Å²) in [5, 5.41) is 2.86. The van der Waals surface area contributed by atoms with Crippen molar-refractivity contribution >= 4 is 41.0 Å². The van der Waals surface area contributed by atoms with Crippen molar-refractivity contribution in [1.29, 1.82) is 0 Å². The molecule has 4 saturated carbocycles. The molecule has 4 aliphatic carbocycles. The molecule has 0 radical (unpaired) electrons. The van der Waals surface area contributed by atoms with Gasteiger partial charge < -0.3 is 19.7 Å². The molecule has 1 aromatic rings. The van der Waals surface area contributed by atoms with E-state index in [1.165, 1.54) is 0 Å². The van der Waals surface area contributed by atoms with Gasteiger partial charge in [-0.3, -0.25) is 8.32 Å². The van der Waals surface area contributed by atoms with Crippen molar-refractivity contribution in [2.75, 3.05) is 13.1 Å². The second kappa shape index (κ2) is 9.31. The number of alkyl carbamates (subject to hydrolysis) is 1. The lowest BCUT2D eigenvalue weighted by atomic mass is 9.48. The molecule has 6 rings (SSSR count). The van der Waals surface area contributed by atoms with Gasteiger partial charge in [0, 0.05) is 13.1 Å². The molecule has 5 fully saturated rings. The first kappa shape index (κ1) is 22.7. The number of amides is 3. The van der Waals surface area contributed by atoms with E-state index in [0.29, 0.717) is 25.4 Å². The highest BCUT2D eigenvalue weighted by Crippen LogP contribution is 2.61. The Morgan fingerprint density at radius 2 is 1.82 bits per heavy atom. The molecule has 1 saturated heterocycles. The predicted molar refractivity (Wildman–Crippen MR) is 128 cm³/mol. The normalized spacial score (nSPS) is 34.1.